The van der Waals surface area contributed by atoms with Gasteiger partial charge in [0.25, 0.3) is 0 Å². The van der Waals surface area contributed by atoms with Crippen molar-refractivity contribution >= 4 is 50.2 Å². The average molecular weight is 366 g/mol. The number of halogens is 2. The van der Waals surface area contributed by atoms with Crippen LogP contribution in [0.1, 0.15) is 10.7 Å². The van der Waals surface area contributed by atoms with Gasteiger partial charge in [-0.2, -0.15) is 4.31 Å². The van der Waals surface area contributed by atoms with E-state index in [1.54, 1.807) is 0 Å². The Bertz CT molecular complexity index is 775. The minimum absolute atomic E-state index is 0.0531. The van der Waals surface area contributed by atoms with E-state index in [-0.39, 0.29) is 27.2 Å². The quantitative estimate of drug-likeness (QED) is 0.844. The van der Waals surface area contributed by atoms with E-state index >= 15 is 0 Å². The normalized spacial score (nSPS) is 12.0. The number of rotatable bonds is 4. The third-order valence-corrected chi connectivity index (χ3v) is 6.35. The van der Waals surface area contributed by atoms with E-state index in [9.17, 15) is 8.42 Å². The van der Waals surface area contributed by atoms with Gasteiger partial charge in [-0.05, 0) is 19.1 Å². The maximum absolute atomic E-state index is 12.5. The molecule has 0 aliphatic rings. The second kappa shape index (κ2) is 6.10. The molecular weight excluding hydrogens is 353 g/mol. The minimum Gasteiger partial charge on any atom is -0.396 e. The number of nitrogens with two attached hydrogens (primary N) is 1. The first-order valence-corrected chi connectivity index (χ1v) is 8.92. The van der Waals surface area contributed by atoms with Crippen molar-refractivity contribution in [3.8, 4) is 0 Å². The Morgan fingerprint density at radius 2 is 2.05 bits per heavy atom. The van der Waals surface area contributed by atoms with Crippen LogP contribution in [0.5, 0.6) is 0 Å². The van der Waals surface area contributed by atoms with Crippen LogP contribution < -0.4 is 5.73 Å². The fourth-order valence-corrected chi connectivity index (χ4v) is 4.19. The molecule has 0 saturated carbocycles. The smallest absolute Gasteiger partial charge is 0.244 e. The number of aromatic nitrogens is 1. The van der Waals surface area contributed by atoms with Crippen LogP contribution in [0, 0.1) is 6.92 Å². The number of nitrogens with zero attached hydrogens (tertiary/aromatic N) is 2. The van der Waals surface area contributed by atoms with E-state index in [2.05, 4.69) is 4.98 Å². The lowest BCUT2D eigenvalue weighted by Crippen LogP contribution is -2.27. The van der Waals surface area contributed by atoms with Crippen molar-refractivity contribution in [3.05, 3.63) is 38.3 Å². The summed E-state index contributed by atoms with van der Waals surface area (Å²) < 4.78 is 26.3. The zero-order chi connectivity index (χ0) is 15.8. The van der Waals surface area contributed by atoms with Gasteiger partial charge in [0, 0.05) is 12.4 Å². The van der Waals surface area contributed by atoms with Gasteiger partial charge < -0.3 is 5.73 Å². The molecule has 1 heterocycles. The molecule has 0 atom stereocenters. The van der Waals surface area contributed by atoms with Crippen LogP contribution in [0.4, 0.5) is 5.69 Å². The number of benzene rings is 1. The van der Waals surface area contributed by atoms with Crippen molar-refractivity contribution in [3.63, 3.8) is 0 Å². The first-order chi connectivity index (χ1) is 9.73. The van der Waals surface area contributed by atoms with Gasteiger partial charge in [0.15, 0.2) is 0 Å². The molecule has 0 fully saturated rings. The Labute approximate surface area is 137 Å². The molecule has 114 valence electrons. The molecule has 0 aliphatic carbocycles. The van der Waals surface area contributed by atoms with Gasteiger partial charge in [0.05, 0.1) is 33.0 Å². The first-order valence-electron chi connectivity index (χ1n) is 5.84. The Balaban J connectivity index is 2.35. The summed E-state index contributed by atoms with van der Waals surface area (Å²) in [6.07, 6.45) is 0. The topological polar surface area (TPSA) is 76.3 Å². The van der Waals surface area contributed by atoms with E-state index in [4.69, 9.17) is 28.9 Å². The first kappa shape index (κ1) is 16.5. The van der Waals surface area contributed by atoms with Crippen LogP contribution in [-0.4, -0.2) is 24.8 Å². The van der Waals surface area contributed by atoms with Gasteiger partial charge in [-0.15, -0.1) is 11.3 Å². The molecule has 0 radical (unpaired) electrons. The number of thiazole rings is 1. The number of anilines is 1. The summed E-state index contributed by atoms with van der Waals surface area (Å²) in [7, 11) is -2.31. The molecule has 0 amide bonds. The van der Waals surface area contributed by atoms with E-state index in [1.807, 2.05) is 12.3 Å². The average Bonchev–Trinajstić information content (AvgIpc) is 2.81. The third-order valence-electron chi connectivity index (χ3n) is 2.83. The number of hydrogen-bond acceptors (Lipinski definition) is 5. The number of nitrogen functional groups attached to an aromatic ring is 1. The van der Waals surface area contributed by atoms with Gasteiger partial charge in [0.2, 0.25) is 10.0 Å². The van der Waals surface area contributed by atoms with Gasteiger partial charge >= 0.3 is 0 Å². The van der Waals surface area contributed by atoms with E-state index < -0.39 is 10.0 Å². The van der Waals surface area contributed by atoms with Crippen molar-refractivity contribution in [2.45, 2.75) is 18.4 Å². The molecule has 0 spiro atoms. The van der Waals surface area contributed by atoms with Crippen LogP contribution >= 0.6 is 34.5 Å². The van der Waals surface area contributed by atoms with Gasteiger partial charge in [-0.3, -0.25) is 0 Å². The van der Waals surface area contributed by atoms with Crippen molar-refractivity contribution in [2.24, 2.45) is 0 Å². The Kier molecular flexibility index (Phi) is 4.79. The maximum Gasteiger partial charge on any atom is 0.244 e. The van der Waals surface area contributed by atoms with Crippen molar-refractivity contribution in [1.82, 2.24) is 9.29 Å². The Morgan fingerprint density at radius 1 is 1.38 bits per heavy atom. The molecule has 2 aromatic rings. The summed E-state index contributed by atoms with van der Waals surface area (Å²) in [4.78, 5) is 4.18. The second-order valence-electron chi connectivity index (χ2n) is 4.39. The Morgan fingerprint density at radius 3 is 2.62 bits per heavy atom. The van der Waals surface area contributed by atoms with Crippen molar-refractivity contribution in [1.29, 1.82) is 0 Å². The largest absolute Gasteiger partial charge is 0.396 e. The lowest BCUT2D eigenvalue weighted by Gasteiger charge is -2.17. The van der Waals surface area contributed by atoms with Crippen molar-refractivity contribution < 1.29 is 8.42 Å². The summed E-state index contributed by atoms with van der Waals surface area (Å²) in [5, 5.41) is 2.85. The van der Waals surface area contributed by atoms with E-state index in [1.165, 1.54) is 34.8 Å². The highest BCUT2D eigenvalue weighted by molar-refractivity contribution is 7.89. The molecule has 9 heteroatoms. The van der Waals surface area contributed by atoms with Crippen LogP contribution in [0.25, 0.3) is 0 Å². The van der Waals surface area contributed by atoms with Crippen LogP contribution in [0.15, 0.2) is 22.4 Å². The molecule has 2 rings (SSSR count). The maximum atomic E-state index is 12.5. The zero-order valence-electron chi connectivity index (χ0n) is 11.3. The predicted octanol–water partition coefficient (Wildman–Crippen LogP) is 3.16. The van der Waals surface area contributed by atoms with Gasteiger partial charge in [-0.1, -0.05) is 23.2 Å². The molecular formula is C12H13Cl2N3O2S2. The van der Waals surface area contributed by atoms with E-state index in [0.717, 1.165) is 5.01 Å². The zero-order valence-corrected chi connectivity index (χ0v) is 14.4. The fraction of sp³-hybridized carbons (Fsp3) is 0.250. The highest BCUT2D eigenvalue weighted by Gasteiger charge is 2.26. The molecule has 0 unspecified atom stereocenters. The van der Waals surface area contributed by atoms with Gasteiger partial charge in [-0.25, -0.2) is 13.4 Å². The second-order valence-corrected chi connectivity index (χ2v) is 8.25. The molecule has 0 bridgehead atoms. The molecule has 0 aliphatic heterocycles. The van der Waals surface area contributed by atoms with E-state index in [0.29, 0.717) is 5.69 Å². The molecule has 1 aromatic heterocycles. The standard InChI is InChI=1S/C12H13Cl2N3O2S2/c1-7-16-8(6-20-7)5-17(2)21(18,19)10-4-3-9(13)12(15)11(10)14/h3-4,6H,5,15H2,1-2H3. The highest BCUT2D eigenvalue weighted by Crippen LogP contribution is 2.34. The van der Waals surface area contributed by atoms with Crippen LogP contribution in [0.2, 0.25) is 10.0 Å². The molecule has 1 aromatic carbocycles. The summed E-state index contributed by atoms with van der Waals surface area (Å²) in [5.41, 5.74) is 6.41. The third kappa shape index (κ3) is 3.32. The predicted molar refractivity (Wildman–Crippen MR) is 86.4 cm³/mol. The van der Waals surface area contributed by atoms with Gasteiger partial charge in [0.1, 0.15) is 4.90 Å². The Hall–Kier alpha value is -0.860. The molecule has 2 N–H and O–H groups in total. The van der Waals surface area contributed by atoms with Crippen LogP contribution in [-0.2, 0) is 16.6 Å². The molecule has 5 nitrogen and oxygen atoms in total. The summed E-state index contributed by atoms with van der Waals surface area (Å²) in [6.45, 7) is 2.02. The highest BCUT2D eigenvalue weighted by atomic mass is 35.5. The number of sulfonamides is 1. The summed E-state index contributed by atoms with van der Waals surface area (Å²) in [5.74, 6) is 0. The summed E-state index contributed by atoms with van der Waals surface area (Å²) >= 11 is 13.3. The lowest BCUT2D eigenvalue weighted by molar-refractivity contribution is 0.463. The molecule has 0 saturated heterocycles. The molecule has 21 heavy (non-hydrogen) atoms. The number of hydrogen-bond donors (Lipinski definition) is 1. The summed E-state index contributed by atoms with van der Waals surface area (Å²) in [6, 6.07) is 2.76. The van der Waals surface area contributed by atoms with Crippen LogP contribution in [0.3, 0.4) is 0 Å². The lowest BCUT2D eigenvalue weighted by atomic mass is 10.3. The SMILES string of the molecule is Cc1nc(CN(C)S(=O)(=O)c2ccc(Cl)c(N)c2Cl)cs1. The van der Waals surface area contributed by atoms with Crippen molar-refractivity contribution in [2.75, 3.05) is 12.8 Å². The monoisotopic (exact) mass is 365 g/mol. The minimum atomic E-state index is -3.77. The number of aryl methyl sites for hydroxylation is 1. The fourth-order valence-electron chi connectivity index (χ4n) is 1.71.